The summed E-state index contributed by atoms with van der Waals surface area (Å²) >= 11 is 0. The predicted molar refractivity (Wildman–Crippen MR) is 80.9 cm³/mol. The molecule has 3 saturated heterocycles. The number of hydrogen-bond donors (Lipinski definition) is 0. The van der Waals surface area contributed by atoms with Crippen LogP contribution < -0.4 is 0 Å². The Kier molecular flexibility index (Phi) is 4.59. The van der Waals surface area contributed by atoms with E-state index in [1.807, 2.05) is 0 Å². The second kappa shape index (κ2) is 5.92. The van der Waals surface area contributed by atoms with Gasteiger partial charge in [-0.05, 0) is 32.3 Å². The molecule has 3 aliphatic heterocycles. The quantitative estimate of drug-likeness (QED) is 0.521. The molecule has 0 aromatic carbocycles. The van der Waals surface area contributed by atoms with Crippen molar-refractivity contribution in [3.63, 3.8) is 0 Å². The largest absolute Gasteiger partial charge is 0.545 e. The highest BCUT2D eigenvalue weighted by Gasteiger charge is 2.66. The third kappa shape index (κ3) is 3.81. The summed E-state index contributed by atoms with van der Waals surface area (Å²) in [7, 11) is -6.31. The first-order valence-electron chi connectivity index (χ1n) is 7.56. The fourth-order valence-electron chi connectivity index (χ4n) is 3.08. The van der Waals surface area contributed by atoms with E-state index in [4.69, 9.17) is 27.7 Å². The average Bonchev–Trinajstić information content (AvgIpc) is 2.90. The highest BCUT2D eigenvalue weighted by atomic mass is 32.2. The van der Waals surface area contributed by atoms with Crippen LogP contribution in [0, 0.1) is 0 Å². The van der Waals surface area contributed by atoms with Crippen LogP contribution in [0.1, 0.15) is 27.7 Å². The van der Waals surface area contributed by atoms with E-state index in [2.05, 4.69) is 0 Å². The summed E-state index contributed by atoms with van der Waals surface area (Å²) in [5.41, 5.74) is 0. The molecule has 0 aromatic heterocycles. The normalized spacial score (nSPS) is 42.9. The summed E-state index contributed by atoms with van der Waals surface area (Å²) < 4.78 is 68.8. The Morgan fingerprint density at radius 3 is 2.17 bits per heavy atom. The molecule has 9 nitrogen and oxygen atoms in total. The van der Waals surface area contributed by atoms with Crippen molar-refractivity contribution < 1.29 is 40.6 Å². The summed E-state index contributed by atoms with van der Waals surface area (Å²) in [4.78, 5) is 0. The topological polar surface area (TPSA) is 107 Å². The lowest BCUT2D eigenvalue weighted by Gasteiger charge is -2.30. The average molecular weight is 385 g/mol. The molecule has 6 atom stereocenters. The fourth-order valence-corrected chi connectivity index (χ4v) is 5.38. The van der Waals surface area contributed by atoms with Gasteiger partial charge in [-0.2, -0.15) is 8.42 Å². The van der Waals surface area contributed by atoms with Gasteiger partial charge < -0.3 is 18.9 Å². The molecule has 3 rings (SSSR count). The highest BCUT2D eigenvalue weighted by molar-refractivity contribution is 7.86. The van der Waals surface area contributed by atoms with Gasteiger partial charge in [0.15, 0.2) is 23.8 Å². The van der Waals surface area contributed by atoms with Crippen molar-refractivity contribution in [3.8, 4) is 0 Å². The molecule has 3 fully saturated rings. The molecular formula is C13H22O9PS+. The Bertz CT molecular complexity index is 631. The Balaban J connectivity index is 1.86. The van der Waals surface area contributed by atoms with Crippen molar-refractivity contribution in [1.82, 2.24) is 0 Å². The zero-order chi connectivity index (χ0) is 17.9. The standard InChI is InChI=1S/C13H22O9PS/c1-12(2)17-6-7(18-12)8-9-10(20-13(3,4)19-9)11(23(14)21-8)22-24(5,15)16/h7-11H,6H2,1-5H3/q+1. The first-order valence-corrected chi connectivity index (χ1v) is 10.6. The molecule has 0 aromatic rings. The second-order valence-electron chi connectivity index (χ2n) is 6.98. The van der Waals surface area contributed by atoms with Crippen LogP contribution in [-0.4, -0.2) is 63.1 Å². The molecule has 0 spiro atoms. The Labute approximate surface area is 141 Å². The molecule has 138 valence electrons. The summed E-state index contributed by atoms with van der Waals surface area (Å²) in [6.07, 6.45) is -1.90. The monoisotopic (exact) mass is 385 g/mol. The molecule has 0 aliphatic carbocycles. The van der Waals surface area contributed by atoms with Crippen molar-refractivity contribution in [3.05, 3.63) is 0 Å². The van der Waals surface area contributed by atoms with Gasteiger partial charge in [0.1, 0.15) is 12.2 Å². The van der Waals surface area contributed by atoms with Gasteiger partial charge in [-0.15, -0.1) is 4.52 Å². The van der Waals surface area contributed by atoms with Gasteiger partial charge in [-0.1, -0.05) is 0 Å². The molecule has 3 aliphatic rings. The van der Waals surface area contributed by atoms with Crippen LogP contribution in [0.5, 0.6) is 0 Å². The van der Waals surface area contributed by atoms with Gasteiger partial charge >= 0.3 is 13.9 Å². The first-order chi connectivity index (χ1) is 10.9. The smallest absolute Gasteiger partial charge is 0.348 e. The van der Waals surface area contributed by atoms with Crippen molar-refractivity contribution in [1.29, 1.82) is 0 Å². The molecule has 0 amide bonds. The van der Waals surface area contributed by atoms with E-state index < -0.39 is 60.0 Å². The molecule has 0 bridgehead atoms. The molecular weight excluding hydrogens is 363 g/mol. The van der Waals surface area contributed by atoms with Gasteiger partial charge in [0, 0.05) is 0 Å². The minimum absolute atomic E-state index is 0.242. The van der Waals surface area contributed by atoms with Gasteiger partial charge in [0.05, 0.1) is 12.9 Å². The molecule has 3 heterocycles. The minimum atomic E-state index is -3.84. The lowest BCUT2D eigenvalue weighted by Crippen LogP contribution is -2.53. The van der Waals surface area contributed by atoms with Crippen LogP contribution in [0.3, 0.4) is 0 Å². The highest BCUT2D eigenvalue weighted by Crippen LogP contribution is 2.50. The zero-order valence-electron chi connectivity index (χ0n) is 14.1. The minimum Gasteiger partial charge on any atom is -0.348 e. The van der Waals surface area contributed by atoms with Gasteiger partial charge in [-0.3, -0.25) is 0 Å². The Hall–Kier alpha value is -0.190. The van der Waals surface area contributed by atoms with E-state index in [0.29, 0.717) is 0 Å². The Morgan fingerprint density at radius 2 is 1.62 bits per heavy atom. The van der Waals surface area contributed by atoms with Crippen LogP contribution in [0.4, 0.5) is 0 Å². The number of rotatable bonds is 3. The van der Waals surface area contributed by atoms with E-state index in [1.165, 1.54) is 0 Å². The maximum Gasteiger partial charge on any atom is 0.545 e. The van der Waals surface area contributed by atoms with Crippen LogP contribution in [0.25, 0.3) is 0 Å². The summed E-state index contributed by atoms with van der Waals surface area (Å²) in [5.74, 6) is -3.05. The fraction of sp³-hybridized carbons (Fsp3) is 1.00. The third-order valence-corrected chi connectivity index (χ3v) is 5.84. The van der Waals surface area contributed by atoms with E-state index in [0.717, 1.165) is 6.26 Å². The van der Waals surface area contributed by atoms with Gasteiger partial charge in [0.25, 0.3) is 10.1 Å². The summed E-state index contributed by atoms with van der Waals surface area (Å²) in [6.45, 7) is 7.13. The molecule has 24 heavy (non-hydrogen) atoms. The van der Waals surface area contributed by atoms with Crippen LogP contribution in [0.15, 0.2) is 0 Å². The maximum absolute atomic E-state index is 12.5. The molecule has 0 radical (unpaired) electrons. The van der Waals surface area contributed by atoms with E-state index in [1.54, 1.807) is 27.7 Å². The Morgan fingerprint density at radius 1 is 1.00 bits per heavy atom. The number of fused-ring (bicyclic) bond motifs is 1. The van der Waals surface area contributed by atoms with Crippen LogP contribution in [0.2, 0.25) is 0 Å². The summed E-state index contributed by atoms with van der Waals surface area (Å²) in [5, 5.41) is 0. The molecule has 0 N–H and O–H groups in total. The van der Waals surface area contributed by atoms with Crippen LogP contribution in [-0.2, 0) is 42.3 Å². The third-order valence-electron chi connectivity index (χ3n) is 3.87. The SMILES string of the molecule is CC1(C)OCC(C2O[P+](=O)C(OS(C)(=O)=O)C3OC(C)(C)OC23)O1. The van der Waals surface area contributed by atoms with Crippen molar-refractivity contribution in [2.24, 2.45) is 0 Å². The molecule has 11 heteroatoms. The van der Waals surface area contributed by atoms with E-state index >= 15 is 0 Å². The van der Waals surface area contributed by atoms with Crippen molar-refractivity contribution in [2.45, 2.75) is 69.5 Å². The number of hydrogen-bond acceptors (Lipinski definition) is 9. The van der Waals surface area contributed by atoms with Gasteiger partial charge in [0.2, 0.25) is 0 Å². The maximum atomic E-state index is 12.5. The lowest BCUT2D eigenvalue weighted by molar-refractivity contribution is -0.173. The summed E-state index contributed by atoms with van der Waals surface area (Å²) in [6, 6.07) is 0. The van der Waals surface area contributed by atoms with E-state index in [9.17, 15) is 13.0 Å². The van der Waals surface area contributed by atoms with Gasteiger partial charge in [-0.25, -0.2) is 4.18 Å². The first kappa shape index (κ1) is 18.6. The van der Waals surface area contributed by atoms with Crippen LogP contribution >= 0.6 is 8.03 Å². The predicted octanol–water partition coefficient (Wildman–Crippen LogP) is 1.10. The zero-order valence-corrected chi connectivity index (χ0v) is 15.8. The molecule has 0 saturated carbocycles. The van der Waals surface area contributed by atoms with Crippen molar-refractivity contribution in [2.75, 3.05) is 12.9 Å². The molecule has 6 unspecified atom stereocenters. The van der Waals surface area contributed by atoms with E-state index in [-0.39, 0.29) is 6.61 Å². The lowest BCUT2D eigenvalue weighted by atomic mass is 10.0. The van der Waals surface area contributed by atoms with Crippen molar-refractivity contribution >= 4 is 18.1 Å². The number of ether oxygens (including phenoxy) is 4. The second-order valence-corrected chi connectivity index (χ2v) is 9.87.